The minimum absolute atomic E-state index is 0.0147. The standard InChI is InChI=1S/C26H36N4O4/c1-29-24-20(26(32)30-11-9-19(33-2)10-12-30)15-18(27-23(31)14-17-6-3-4-7-17)16-21(24)28-25(29)22-8-5-13-34-22/h15-17,19,22H,3-14H2,1-2H3,(H,27,31)/t22-/m1/s1. The molecular weight excluding hydrogens is 432 g/mol. The van der Waals surface area contributed by atoms with Crippen molar-refractivity contribution in [1.82, 2.24) is 14.5 Å². The molecule has 2 aromatic rings. The van der Waals surface area contributed by atoms with E-state index in [0.717, 1.165) is 62.0 Å². The number of likely N-dealkylation sites (tertiary alicyclic amines) is 1. The molecule has 8 nitrogen and oxygen atoms in total. The molecule has 3 fully saturated rings. The predicted molar refractivity (Wildman–Crippen MR) is 130 cm³/mol. The normalized spacial score (nSPS) is 22.1. The molecule has 3 heterocycles. The van der Waals surface area contributed by atoms with Gasteiger partial charge < -0.3 is 24.3 Å². The van der Waals surface area contributed by atoms with Crippen molar-refractivity contribution in [1.29, 1.82) is 0 Å². The van der Waals surface area contributed by atoms with Gasteiger partial charge in [-0.1, -0.05) is 12.8 Å². The van der Waals surface area contributed by atoms with Gasteiger partial charge in [0.25, 0.3) is 5.91 Å². The summed E-state index contributed by atoms with van der Waals surface area (Å²) >= 11 is 0. The number of ether oxygens (including phenoxy) is 2. The number of carbonyl (C=O) groups is 2. The van der Waals surface area contributed by atoms with E-state index in [9.17, 15) is 9.59 Å². The van der Waals surface area contributed by atoms with E-state index in [4.69, 9.17) is 14.5 Å². The lowest BCUT2D eigenvalue weighted by Gasteiger charge is -2.31. The number of rotatable bonds is 6. The van der Waals surface area contributed by atoms with Crippen molar-refractivity contribution in [2.24, 2.45) is 13.0 Å². The molecule has 5 rings (SSSR count). The topological polar surface area (TPSA) is 85.7 Å². The quantitative estimate of drug-likeness (QED) is 0.687. The lowest BCUT2D eigenvalue weighted by Crippen LogP contribution is -2.40. The van der Waals surface area contributed by atoms with Crippen LogP contribution in [0.15, 0.2) is 12.1 Å². The number of hydrogen-bond acceptors (Lipinski definition) is 5. The average Bonchev–Trinajstić information content (AvgIpc) is 3.60. The maximum Gasteiger partial charge on any atom is 0.256 e. The summed E-state index contributed by atoms with van der Waals surface area (Å²) in [5.41, 5.74) is 2.76. The van der Waals surface area contributed by atoms with Crippen LogP contribution in [-0.4, -0.2) is 59.2 Å². The first-order valence-corrected chi connectivity index (χ1v) is 12.8. The Labute approximate surface area is 201 Å². The molecule has 2 amide bonds. The summed E-state index contributed by atoms with van der Waals surface area (Å²) in [6.07, 6.45) is 8.95. The van der Waals surface area contributed by atoms with Crippen LogP contribution in [0, 0.1) is 5.92 Å². The lowest BCUT2D eigenvalue weighted by molar-refractivity contribution is -0.117. The van der Waals surface area contributed by atoms with E-state index in [-0.39, 0.29) is 24.0 Å². The van der Waals surface area contributed by atoms with E-state index >= 15 is 0 Å². The van der Waals surface area contributed by atoms with E-state index in [1.165, 1.54) is 12.8 Å². The number of hydrogen-bond donors (Lipinski definition) is 1. The molecule has 0 bridgehead atoms. The number of nitrogens with zero attached hydrogens (tertiary/aromatic N) is 3. The molecule has 34 heavy (non-hydrogen) atoms. The number of imidazole rings is 1. The van der Waals surface area contributed by atoms with Crippen molar-refractivity contribution in [2.75, 3.05) is 32.1 Å². The van der Waals surface area contributed by atoms with Gasteiger partial charge in [0, 0.05) is 46.0 Å². The van der Waals surface area contributed by atoms with Gasteiger partial charge in [0.05, 0.1) is 22.7 Å². The number of fused-ring (bicyclic) bond motifs is 1. The Morgan fingerprint density at radius 1 is 1.12 bits per heavy atom. The fraction of sp³-hybridized carbons (Fsp3) is 0.654. The van der Waals surface area contributed by atoms with Gasteiger partial charge in [-0.3, -0.25) is 9.59 Å². The molecule has 1 aliphatic carbocycles. The van der Waals surface area contributed by atoms with E-state index < -0.39 is 0 Å². The molecule has 1 atom stereocenters. The van der Waals surface area contributed by atoms with Crippen molar-refractivity contribution < 1.29 is 19.1 Å². The molecule has 1 N–H and O–H groups in total. The molecule has 8 heteroatoms. The van der Waals surface area contributed by atoms with Gasteiger partial charge in [0.1, 0.15) is 11.9 Å². The number of benzene rings is 1. The molecule has 2 saturated heterocycles. The highest BCUT2D eigenvalue weighted by Gasteiger charge is 2.29. The number of aryl methyl sites for hydroxylation is 1. The zero-order chi connectivity index (χ0) is 23.7. The van der Waals surface area contributed by atoms with E-state index in [0.29, 0.717) is 36.7 Å². The van der Waals surface area contributed by atoms with E-state index in [1.807, 2.05) is 28.6 Å². The summed E-state index contributed by atoms with van der Waals surface area (Å²) < 4.78 is 13.4. The van der Waals surface area contributed by atoms with Crippen molar-refractivity contribution in [2.45, 2.75) is 70.0 Å². The first-order valence-electron chi connectivity index (χ1n) is 12.8. The largest absolute Gasteiger partial charge is 0.381 e. The molecule has 2 aliphatic heterocycles. The fourth-order valence-electron chi connectivity index (χ4n) is 5.83. The van der Waals surface area contributed by atoms with Crippen LogP contribution in [-0.2, 0) is 21.3 Å². The number of carbonyl (C=O) groups excluding carboxylic acids is 2. The van der Waals surface area contributed by atoms with Gasteiger partial charge in [-0.05, 0) is 56.6 Å². The Balaban J connectivity index is 1.47. The van der Waals surface area contributed by atoms with Crippen LogP contribution in [0.1, 0.15) is 80.1 Å². The minimum atomic E-state index is -0.0572. The van der Waals surface area contributed by atoms with Crippen LogP contribution in [0.2, 0.25) is 0 Å². The number of piperidine rings is 1. The van der Waals surface area contributed by atoms with E-state index in [2.05, 4.69) is 5.32 Å². The van der Waals surface area contributed by atoms with Crippen LogP contribution >= 0.6 is 0 Å². The van der Waals surface area contributed by atoms with Crippen molar-refractivity contribution in [3.05, 3.63) is 23.5 Å². The smallest absolute Gasteiger partial charge is 0.256 e. The predicted octanol–water partition coefficient (Wildman–Crippen LogP) is 4.19. The van der Waals surface area contributed by atoms with E-state index in [1.54, 1.807) is 7.11 Å². The highest BCUT2D eigenvalue weighted by molar-refractivity contribution is 6.07. The van der Waals surface area contributed by atoms with Gasteiger partial charge in [0.2, 0.25) is 5.91 Å². The molecule has 3 aliphatic rings. The maximum atomic E-state index is 13.7. The second-order valence-corrected chi connectivity index (χ2v) is 10.1. The minimum Gasteiger partial charge on any atom is -0.381 e. The zero-order valence-electron chi connectivity index (χ0n) is 20.3. The first-order chi connectivity index (χ1) is 16.5. The summed E-state index contributed by atoms with van der Waals surface area (Å²) in [5, 5.41) is 3.06. The van der Waals surface area contributed by atoms with Crippen molar-refractivity contribution in [3.63, 3.8) is 0 Å². The Kier molecular flexibility index (Phi) is 6.88. The second kappa shape index (κ2) is 10.0. The summed E-state index contributed by atoms with van der Waals surface area (Å²) in [6.45, 7) is 2.05. The molecule has 0 radical (unpaired) electrons. The van der Waals surface area contributed by atoms with Crippen LogP contribution < -0.4 is 5.32 Å². The molecule has 184 valence electrons. The maximum absolute atomic E-state index is 13.7. The summed E-state index contributed by atoms with van der Waals surface area (Å²) in [7, 11) is 3.68. The fourth-order valence-corrected chi connectivity index (χ4v) is 5.83. The third kappa shape index (κ3) is 4.70. The second-order valence-electron chi connectivity index (χ2n) is 10.1. The SMILES string of the molecule is COC1CCN(C(=O)c2cc(NC(=O)CC3CCCC3)cc3nc([C@H]4CCCO4)n(C)c23)CC1. The van der Waals surface area contributed by atoms with Crippen LogP contribution in [0.3, 0.4) is 0 Å². The molecule has 1 saturated carbocycles. The molecular formula is C26H36N4O4. The van der Waals surface area contributed by atoms with Crippen LogP contribution in [0.4, 0.5) is 5.69 Å². The molecule has 0 unspecified atom stereocenters. The summed E-state index contributed by atoms with van der Waals surface area (Å²) in [4.78, 5) is 33.3. The number of methoxy groups -OCH3 is 1. The Bertz CT molecular complexity index is 1040. The monoisotopic (exact) mass is 468 g/mol. The van der Waals surface area contributed by atoms with Gasteiger partial charge >= 0.3 is 0 Å². The van der Waals surface area contributed by atoms with Gasteiger partial charge in [-0.2, -0.15) is 0 Å². The first kappa shape index (κ1) is 23.3. The Hall–Kier alpha value is -2.45. The number of nitrogens with one attached hydrogen (secondary N) is 1. The summed E-state index contributed by atoms with van der Waals surface area (Å²) in [6, 6.07) is 3.73. The molecule has 1 aromatic carbocycles. The average molecular weight is 469 g/mol. The Morgan fingerprint density at radius 3 is 2.56 bits per heavy atom. The lowest BCUT2D eigenvalue weighted by atomic mass is 10.0. The third-order valence-corrected chi connectivity index (χ3v) is 7.75. The summed E-state index contributed by atoms with van der Waals surface area (Å²) in [5.74, 6) is 1.30. The highest BCUT2D eigenvalue weighted by atomic mass is 16.5. The molecule has 0 spiro atoms. The molecule has 1 aromatic heterocycles. The third-order valence-electron chi connectivity index (χ3n) is 7.75. The zero-order valence-corrected chi connectivity index (χ0v) is 20.3. The number of anilines is 1. The van der Waals surface area contributed by atoms with Crippen molar-refractivity contribution in [3.8, 4) is 0 Å². The highest BCUT2D eigenvalue weighted by Crippen LogP contribution is 2.34. The number of amides is 2. The van der Waals surface area contributed by atoms with Gasteiger partial charge in [0.15, 0.2) is 0 Å². The van der Waals surface area contributed by atoms with Crippen molar-refractivity contribution >= 4 is 28.5 Å². The number of aromatic nitrogens is 2. The Morgan fingerprint density at radius 2 is 1.88 bits per heavy atom. The van der Waals surface area contributed by atoms with Gasteiger partial charge in [-0.25, -0.2) is 4.98 Å². The van der Waals surface area contributed by atoms with Crippen LogP contribution in [0.5, 0.6) is 0 Å². The van der Waals surface area contributed by atoms with Gasteiger partial charge in [-0.15, -0.1) is 0 Å². The van der Waals surface area contributed by atoms with Crippen LogP contribution in [0.25, 0.3) is 11.0 Å².